The summed E-state index contributed by atoms with van der Waals surface area (Å²) in [6.45, 7) is 0. The number of hydrogen-bond donors (Lipinski definition) is 1. The number of nitrogens with zero attached hydrogens (tertiary/aromatic N) is 2. The molecule has 0 radical (unpaired) electrons. The second kappa shape index (κ2) is 6.60. The van der Waals surface area contributed by atoms with Crippen LogP contribution in [0, 0.1) is 0 Å². The predicted octanol–water partition coefficient (Wildman–Crippen LogP) is 4.85. The molecule has 2 heterocycles. The Bertz CT molecular complexity index is 791. The predicted molar refractivity (Wildman–Crippen MR) is 91.3 cm³/mol. The summed E-state index contributed by atoms with van der Waals surface area (Å²) in [5.41, 5.74) is 1.37. The van der Waals surface area contributed by atoms with Gasteiger partial charge in [-0.15, -0.1) is 11.3 Å². The average molecular weight is 330 g/mol. The van der Waals surface area contributed by atoms with Gasteiger partial charge in [-0.1, -0.05) is 17.7 Å². The van der Waals surface area contributed by atoms with Crippen molar-refractivity contribution in [2.45, 2.75) is 0 Å². The molecule has 0 bridgehead atoms. The van der Waals surface area contributed by atoms with Gasteiger partial charge in [0.15, 0.2) is 0 Å². The average Bonchev–Trinajstić information content (AvgIpc) is 3.18. The summed E-state index contributed by atoms with van der Waals surface area (Å²) >= 11 is 7.46. The van der Waals surface area contributed by atoms with E-state index in [1.807, 2.05) is 29.7 Å². The molecule has 0 aliphatic rings. The number of rotatable bonds is 3. The van der Waals surface area contributed by atoms with Crippen LogP contribution < -0.4 is 5.32 Å². The lowest BCUT2D eigenvalue weighted by Crippen LogP contribution is -2.21. The van der Waals surface area contributed by atoms with Gasteiger partial charge in [0.05, 0.1) is 11.9 Å². The van der Waals surface area contributed by atoms with Crippen LogP contribution in [0.25, 0.3) is 12.2 Å². The molecule has 1 N–H and O–H groups in total. The summed E-state index contributed by atoms with van der Waals surface area (Å²) in [4.78, 5) is 13.4. The van der Waals surface area contributed by atoms with Gasteiger partial charge in [-0.2, -0.15) is 9.78 Å². The van der Waals surface area contributed by atoms with Crippen LogP contribution in [0.15, 0.2) is 54.0 Å². The Balaban J connectivity index is 1.76. The Morgan fingerprint density at radius 2 is 2.00 bits per heavy atom. The summed E-state index contributed by atoms with van der Waals surface area (Å²) in [5.74, 6) is 0. The number of amides is 1. The smallest absolute Gasteiger partial charge is 0.306 e. The number of thiophene rings is 1. The van der Waals surface area contributed by atoms with Gasteiger partial charge in [-0.3, -0.25) is 0 Å². The van der Waals surface area contributed by atoms with E-state index >= 15 is 0 Å². The fraction of sp³-hybridized carbons (Fsp3) is 0. The summed E-state index contributed by atoms with van der Waals surface area (Å²) in [6, 6.07) is 12.4. The number of nitrogens with one attached hydrogen (secondary N) is 1. The van der Waals surface area contributed by atoms with Crippen LogP contribution in [0.2, 0.25) is 5.02 Å². The van der Waals surface area contributed by atoms with Gasteiger partial charge >= 0.3 is 6.03 Å². The molecular weight excluding hydrogens is 318 g/mol. The Labute approximate surface area is 136 Å². The number of hydrogen-bond acceptors (Lipinski definition) is 3. The molecule has 6 heteroatoms. The topological polar surface area (TPSA) is 46.9 Å². The van der Waals surface area contributed by atoms with E-state index in [9.17, 15) is 4.79 Å². The lowest BCUT2D eigenvalue weighted by atomic mass is 10.3. The fourth-order valence-electron chi connectivity index (χ4n) is 1.87. The lowest BCUT2D eigenvalue weighted by Gasteiger charge is -2.06. The zero-order chi connectivity index (χ0) is 15.4. The van der Waals surface area contributed by atoms with Crippen molar-refractivity contribution in [2.24, 2.45) is 0 Å². The highest BCUT2D eigenvalue weighted by molar-refractivity contribution is 7.10. The minimum absolute atomic E-state index is 0.321. The van der Waals surface area contributed by atoms with Crippen molar-refractivity contribution in [3.05, 3.63) is 69.6 Å². The number of benzene rings is 1. The Hall–Kier alpha value is -2.37. The molecule has 110 valence electrons. The van der Waals surface area contributed by atoms with Crippen LogP contribution in [-0.4, -0.2) is 15.8 Å². The molecular formula is C16H12ClN3OS. The summed E-state index contributed by atoms with van der Waals surface area (Å²) in [7, 11) is 0. The molecule has 3 aromatic rings. The molecule has 22 heavy (non-hydrogen) atoms. The first-order chi connectivity index (χ1) is 10.7. The first kappa shape index (κ1) is 14.6. The number of carbonyl (C=O) groups is 1. The zero-order valence-corrected chi connectivity index (χ0v) is 13.0. The number of aromatic nitrogens is 2. The van der Waals surface area contributed by atoms with Crippen molar-refractivity contribution in [3.8, 4) is 0 Å². The van der Waals surface area contributed by atoms with Crippen LogP contribution >= 0.6 is 22.9 Å². The van der Waals surface area contributed by atoms with Crippen molar-refractivity contribution < 1.29 is 4.79 Å². The van der Waals surface area contributed by atoms with Gasteiger partial charge in [0, 0.05) is 15.6 Å². The van der Waals surface area contributed by atoms with Gasteiger partial charge < -0.3 is 5.32 Å². The van der Waals surface area contributed by atoms with Crippen molar-refractivity contribution in [1.82, 2.24) is 9.78 Å². The molecule has 0 saturated heterocycles. The number of halogens is 1. The highest BCUT2D eigenvalue weighted by atomic mass is 35.5. The minimum Gasteiger partial charge on any atom is -0.306 e. The van der Waals surface area contributed by atoms with Crippen molar-refractivity contribution >= 4 is 46.8 Å². The maximum atomic E-state index is 12.3. The van der Waals surface area contributed by atoms with Crippen molar-refractivity contribution in [3.63, 3.8) is 0 Å². The zero-order valence-electron chi connectivity index (χ0n) is 11.4. The Morgan fingerprint density at radius 1 is 1.18 bits per heavy atom. The van der Waals surface area contributed by atoms with E-state index in [1.54, 1.807) is 47.9 Å². The second-order valence-electron chi connectivity index (χ2n) is 4.45. The van der Waals surface area contributed by atoms with E-state index < -0.39 is 0 Å². The van der Waals surface area contributed by atoms with Gasteiger partial charge in [-0.05, 0) is 53.9 Å². The first-order valence-electron chi connectivity index (χ1n) is 6.55. The molecule has 0 aliphatic carbocycles. The Kier molecular flexibility index (Phi) is 4.37. The standard InChI is InChI=1S/C16H12ClN3OS/c17-12-3-5-13(6-4-12)19-16(21)20-14(9-10-18-20)7-8-15-2-1-11-22-15/h1-11H,(H,19,21). The van der Waals surface area contributed by atoms with Gasteiger partial charge in [0.25, 0.3) is 0 Å². The van der Waals surface area contributed by atoms with Crippen LogP contribution in [0.3, 0.4) is 0 Å². The first-order valence-corrected chi connectivity index (χ1v) is 7.81. The summed E-state index contributed by atoms with van der Waals surface area (Å²) in [6.07, 6.45) is 5.41. The van der Waals surface area contributed by atoms with E-state index in [4.69, 9.17) is 11.6 Å². The molecule has 2 aromatic heterocycles. The fourth-order valence-corrected chi connectivity index (χ4v) is 2.62. The molecule has 1 aromatic carbocycles. The Morgan fingerprint density at radius 3 is 2.73 bits per heavy atom. The quantitative estimate of drug-likeness (QED) is 0.746. The minimum atomic E-state index is -0.321. The van der Waals surface area contributed by atoms with Crippen LogP contribution in [-0.2, 0) is 0 Å². The third-order valence-corrected chi connectivity index (χ3v) is 4.01. The number of anilines is 1. The van der Waals surface area contributed by atoms with Crippen LogP contribution in [0.5, 0.6) is 0 Å². The summed E-state index contributed by atoms with van der Waals surface area (Å²) in [5, 5.41) is 9.46. The largest absolute Gasteiger partial charge is 0.347 e. The SMILES string of the molecule is O=C(Nc1ccc(Cl)cc1)n1nccc1C=Cc1cccs1. The van der Waals surface area contributed by atoms with E-state index in [0.717, 1.165) is 4.88 Å². The molecule has 4 nitrogen and oxygen atoms in total. The monoisotopic (exact) mass is 329 g/mol. The van der Waals surface area contributed by atoms with Gasteiger partial charge in [0.2, 0.25) is 0 Å². The van der Waals surface area contributed by atoms with E-state index in [0.29, 0.717) is 16.4 Å². The molecule has 0 fully saturated rings. The third kappa shape index (κ3) is 3.44. The van der Waals surface area contributed by atoms with Gasteiger partial charge in [-0.25, -0.2) is 4.79 Å². The molecule has 0 atom stereocenters. The second-order valence-corrected chi connectivity index (χ2v) is 5.87. The molecule has 0 saturated carbocycles. The number of carbonyl (C=O) groups excluding carboxylic acids is 1. The molecule has 0 spiro atoms. The maximum Gasteiger partial charge on any atom is 0.347 e. The lowest BCUT2D eigenvalue weighted by molar-refractivity contribution is 0.251. The maximum absolute atomic E-state index is 12.3. The molecule has 1 amide bonds. The summed E-state index contributed by atoms with van der Waals surface area (Å²) < 4.78 is 1.32. The van der Waals surface area contributed by atoms with E-state index in [2.05, 4.69) is 10.4 Å². The molecule has 0 aliphatic heterocycles. The highest BCUT2D eigenvalue weighted by Gasteiger charge is 2.09. The van der Waals surface area contributed by atoms with Crippen molar-refractivity contribution in [2.75, 3.05) is 5.32 Å². The highest BCUT2D eigenvalue weighted by Crippen LogP contribution is 2.15. The van der Waals surface area contributed by atoms with E-state index in [1.165, 1.54) is 4.68 Å². The van der Waals surface area contributed by atoms with Crippen molar-refractivity contribution in [1.29, 1.82) is 0 Å². The molecule has 0 unspecified atom stereocenters. The normalized spacial score (nSPS) is 11.0. The van der Waals surface area contributed by atoms with Crippen LogP contribution in [0.1, 0.15) is 10.6 Å². The van der Waals surface area contributed by atoms with E-state index in [-0.39, 0.29) is 6.03 Å². The van der Waals surface area contributed by atoms with Gasteiger partial charge in [0.1, 0.15) is 0 Å². The van der Waals surface area contributed by atoms with Crippen LogP contribution in [0.4, 0.5) is 10.5 Å². The molecule has 3 rings (SSSR count). The third-order valence-electron chi connectivity index (χ3n) is 2.92.